The van der Waals surface area contributed by atoms with Crippen LogP contribution in [0.15, 0.2) is 41.4 Å². The Hall–Kier alpha value is -2.69. The molecule has 11 heteroatoms. The summed E-state index contributed by atoms with van der Waals surface area (Å²) in [5, 5.41) is 15.1. The number of aromatic nitrogens is 3. The lowest BCUT2D eigenvalue weighted by atomic mass is 10.0. The molecule has 0 aliphatic carbocycles. The number of hydrogen-bond acceptors (Lipinski definition) is 6. The van der Waals surface area contributed by atoms with Gasteiger partial charge in [-0.3, -0.25) is 9.48 Å². The van der Waals surface area contributed by atoms with Gasteiger partial charge in [0.25, 0.3) is 0 Å². The van der Waals surface area contributed by atoms with Gasteiger partial charge in [-0.15, -0.1) is 0 Å². The van der Waals surface area contributed by atoms with E-state index in [0.29, 0.717) is 42.6 Å². The maximum absolute atomic E-state index is 13.2. The first-order chi connectivity index (χ1) is 15.7. The first kappa shape index (κ1) is 23.5. The molecule has 176 valence electrons. The minimum atomic E-state index is -3.72. The van der Waals surface area contributed by atoms with Crippen molar-refractivity contribution in [3.05, 3.63) is 47.2 Å². The van der Waals surface area contributed by atoms with Crippen molar-refractivity contribution in [1.82, 2.24) is 19.1 Å². The van der Waals surface area contributed by atoms with Crippen molar-refractivity contribution < 1.29 is 23.1 Å². The van der Waals surface area contributed by atoms with Crippen LogP contribution in [-0.4, -0.2) is 57.8 Å². The van der Waals surface area contributed by atoms with Crippen LogP contribution < -0.4 is 4.74 Å². The molecule has 0 bridgehead atoms. The Morgan fingerprint density at radius 3 is 2.73 bits per heavy atom. The number of aliphatic carboxylic acids is 1. The third-order valence-electron chi connectivity index (χ3n) is 5.81. The highest BCUT2D eigenvalue weighted by molar-refractivity contribution is 7.89. The molecule has 9 nitrogen and oxygen atoms in total. The Morgan fingerprint density at radius 1 is 1.30 bits per heavy atom. The predicted molar refractivity (Wildman–Crippen MR) is 123 cm³/mol. The molecule has 4 rings (SSSR count). The highest BCUT2D eigenvalue weighted by Crippen LogP contribution is 2.34. The van der Waals surface area contributed by atoms with Crippen molar-refractivity contribution in [3.63, 3.8) is 0 Å². The van der Waals surface area contributed by atoms with Crippen molar-refractivity contribution >= 4 is 38.5 Å². The van der Waals surface area contributed by atoms with Crippen LogP contribution in [0.4, 0.5) is 0 Å². The Morgan fingerprint density at radius 2 is 2.09 bits per heavy atom. The summed E-state index contributed by atoms with van der Waals surface area (Å²) in [7, 11) is -3.72. The zero-order valence-corrected chi connectivity index (χ0v) is 19.9. The summed E-state index contributed by atoms with van der Waals surface area (Å²) in [6.07, 6.45) is 2.18. The Kier molecular flexibility index (Phi) is 6.60. The van der Waals surface area contributed by atoms with Crippen LogP contribution in [0, 0.1) is 0 Å². The summed E-state index contributed by atoms with van der Waals surface area (Å²) in [6.45, 7) is 4.45. The monoisotopic (exact) mass is 492 g/mol. The smallest absolute Gasteiger partial charge is 0.309 e. The number of carbonyl (C=O) groups is 1. The van der Waals surface area contributed by atoms with E-state index in [0.717, 1.165) is 10.9 Å². The first-order valence-corrected chi connectivity index (χ1v) is 12.5. The van der Waals surface area contributed by atoms with Crippen molar-refractivity contribution in [2.75, 3.05) is 13.2 Å². The van der Waals surface area contributed by atoms with Gasteiger partial charge in [0.2, 0.25) is 15.9 Å². The summed E-state index contributed by atoms with van der Waals surface area (Å²) >= 11 is 6.20. The second kappa shape index (κ2) is 9.28. The third-order valence-corrected chi connectivity index (χ3v) is 8.04. The minimum Gasteiger partial charge on any atom is -0.481 e. The fourth-order valence-corrected chi connectivity index (χ4v) is 6.09. The number of ether oxygens (including phenoxy) is 1. The van der Waals surface area contributed by atoms with Gasteiger partial charge in [-0.05, 0) is 51.0 Å². The lowest BCUT2D eigenvalue weighted by Gasteiger charge is -2.36. The Bertz CT molecular complexity index is 1280. The molecule has 3 aromatic rings. The fraction of sp³-hybridized carbons (Fsp3) is 0.409. The van der Waals surface area contributed by atoms with Crippen molar-refractivity contribution in [2.24, 2.45) is 0 Å². The molecule has 0 radical (unpaired) electrons. The van der Waals surface area contributed by atoms with E-state index in [-0.39, 0.29) is 23.4 Å². The SMILES string of the molecule is CCOc1ccc(S(=O)(=O)N2CCC(n3nc(CC(=O)O)c4ccc(Cl)cc43)C[C@H]2C)cn1. The third kappa shape index (κ3) is 4.68. The van der Waals surface area contributed by atoms with E-state index in [2.05, 4.69) is 10.1 Å². The fourth-order valence-electron chi connectivity index (χ4n) is 4.32. The lowest BCUT2D eigenvalue weighted by Crippen LogP contribution is -2.45. The number of fused-ring (bicyclic) bond motifs is 1. The molecule has 1 saturated heterocycles. The van der Waals surface area contributed by atoms with Gasteiger partial charge in [-0.2, -0.15) is 9.40 Å². The molecule has 1 aliphatic rings. The number of piperidine rings is 1. The molecular weight excluding hydrogens is 468 g/mol. The van der Waals surface area contributed by atoms with Gasteiger partial charge in [0.15, 0.2) is 0 Å². The zero-order valence-electron chi connectivity index (χ0n) is 18.3. The summed E-state index contributed by atoms with van der Waals surface area (Å²) in [5.41, 5.74) is 1.22. The molecule has 33 heavy (non-hydrogen) atoms. The number of sulfonamides is 1. The molecule has 1 aliphatic heterocycles. The quantitative estimate of drug-likeness (QED) is 0.536. The maximum atomic E-state index is 13.2. The molecule has 0 amide bonds. The predicted octanol–water partition coefficient (Wildman–Crippen LogP) is 3.52. The summed E-state index contributed by atoms with van der Waals surface area (Å²) < 4.78 is 35.0. The summed E-state index contributed by atoms with van der Waals surface area (Å²) in [4.78, 5) is 15.5. The van der Waals surface area contributed by atoms with Crippen LogP contribution in [0.3, 0.4) is 0 Å². The van der Waals surface area contributed by atoms with E-state index in [4.69, 9.17) is 16.3 Å². The van der Waals surface area contributed by atoms with Gasteiger partial charge < -0.3 is 9.84 Å². The van der Waals surface area contributed by atoms with Gasteiger partial charge in [0.05, 0.1) is 36.5 Å². The molecule has 2 atom stereocenters. The minimum absolute atomic E-state index is 0.0894. The van der Waals surface area contributed by atoms with Crippen molar-refractivity contribution in [2.45, 2.75) is 50.1 Å². The van der Waals surface area contributed by atoms with Gasteiger partial charge in [-0.1, -0.05) is 11.6 Å². The number of rotatable bonds is 7. The van der Waals surface area contributed by atoms with E-state index >= 15 is 0 Å². The van der Waals surface area contributed by atoms with Crippen LogP contribution in [0.25, 0.3) is 10.9 Å². The molecule has 3 heterocycles. The van der Waals surface area contributed by atoms with E-state index in [1.165, 1.54) is 16.6 Å². The molecule has 2 aromatic heterocycles. The molecule has 1 aromatic carbocycles. The van der Waals surface area contributed by atoms with E-state index in [1.54, 1.807) is 28.9 Å². The average molecular weight is 493 g/mol. The zero-order chi connectivity index (χ0) is 23.8. The van der Waals surface area contributed by atoms with E-state index < -0.39 is 16.0 Å². The van der Waals surface area contributed by atoms with Gasteiger partial charge in [-0.25, -0.2) is 13.4 Å². The van der Waals surface area contributed by atoms with Crippen LogP contribution in [0.5, 0.6) is 5.88 Å². The Labute approximate surface area is 197 Å². The van der Waals surface area contributed by atoms with Crippen LogP contribution in [0.2, 0.25) is 5.02 Å². The summed E-state index contributed by atoms with van der Waals surface area (Å²) in [6, 6.07) is 7.94. The first-order valence-electron chi connectivity index (χ1n) is 10.7. The number of carboxylic acid groups (broad SMARTS) is 1. The number of carboxylic acids is 1. The van der Waals surface area contributed by atoms with Gasteiger partial charge >= 0.3 is 5.97 Å². The van der Waals surface area contributed by atoms with Crippen LogP contribution in [-0.2, 0) is 21.2 Å². The topological polar surface area (TPSA) is 115 Å². The average Bonchev–Trinajstić information content (AvgIpc) is 3.11. The molecule has 1 unspecified atom stereocenters. The second-order valence-corrected chi connectivity index (χ2v) is 10.4. The molecular formula is C22H25ClN4O5S. The molecule has 0 saturated carbocycles. The Balaban J connectivity index is 1.59. The standard InChI is InChI=1S/C22H25ClN4O5S/c1-3-32-21-7-5-17(13-24-21)33(30,31)26-9-8-16(10-14(26)2)27-20-11-15(23)4-6-18(20)19(25-27)12-22(28)29/h4-7,11,13-14,16H,3,8-10,12H2,1-2H3,(H,28,29)/t14-,16?/m1/s1. The van der Waals surface area contributed by atoms with Crippen LogP contribution >= 0.6 is 11.6 Å². The number of benzene rings is 1. The van der Waals surface area contributed by atoms with Gasteiger partial charge in [0, 0.05) is 29.1 Å². The normalized spacial score (nSPS) is 19.6. The van der Waals surface area contributed by atoms with Crippen molar-refractivity contribution in [1.29, 1.82) is 0 Å². The summed E-state index contributed by atoms with van der Waals surface area (Å²) in [5.74, 6) is -0.584. The second-order valence-electron chi connectivity index (χ2n) is 8.03. The highest BCUT2D eigenvalue weighted by atomic mass is 35.5. The highest BCUT2D eigenvalue weighted by Gasteiger charge is 2.36. The van der Waals surface area contributed by atoms with E-state index in [1.807, 2.05) is 13.8 Å². The van der Waals surface area contributed by atoms with Crippen molar-refractivity contribution in [3.8, 4) is 5.88 Å². The number of nitrogens with zero attached hydrogens (tertiary/aromatic N) is 4. The maximum Gasteiger partial charge on any atom is 0.309 e. The largest absolute Gasteiger partial charge is 0.481 e. The molecule has 1 N–H and O–H groups in total. The van der Waals surface area contributed by atoms with E-state index in [9.17, 15) is 18.3 Å². The number of halogens is 1. The van der Waals surface area contributed by atoms with Gasteiger partial charge in [0.1, 0.15) is 4.90 Å². The molecule has 0 spiro atoms. The number of hydrogen-bond donors (Lipinski definition) is 1. The van der Waals surface area contributed by atoms with Crippen LogP contribution in [0.1, 0.15) is 38.4 Å². The number of pyridine rings is 1. The molecule has 1 fully saturated rings. The lowest BCUT2D eigenvalue weighted by molar-refractivity contribution is -0.136.